The first-order valence-electron chi connectivity index (χ1n) is 6.60. The van der Waals surface area contributed by atoms with Crippen molar-refractivity contribution in [2.45, 2.75) is 39.3 Å². The average Bonchev–Trinajstić information content (AvgIpc) is 2.75. The molecule has 1 unspecified atom stereocenters. The third-order valence-electron chi connectivity index (χ3n) is 3.18. The average molecular weight is 403 g/mol. The van der Waals surface area contributed by atoms with Crippen LogP contribution in [0.5, 0.6) is 0 Å². The summed E-state index contributed by atoms with van der Waals surface area (Å²) in [6.07, 6.45) is 2.38. The van der Waals surface area contributed by atoms with Crippen LogP contribution in [0.3, 0.4) is 0 Å². The van der Waals surface area contributed by atoms with Gasteiger partial charge in [-0.1, -0.05) is 6.92 Å². The molecule has 0 bridgehead atoms. The summed E-state index contributed by atoms with van der Waals surface area (Å²) in [6, 6.07) is 3.72. The van der Waals surface area contributed by atoms with Crippen molar-refractivity contribution in [1.29, 1.82) is 0 Å². The van der Waals surface area contributed by atoms with Crippen molar-refractivity contribution in [3.8, 4) is 0 Å². The number of hydrogen-bond donors (Lipinski definition) is 1. The van der Waals surface area contributed by atoms with Gasteiger partial charge >= 0.3 is 0 Å². The Labute approximate surface area is 135 Å². The van der Waals surface area contributed by atoms with Gasteiger partial charge in [0.05, 0.1) is 21.6 Å². The van der Waals surface area contributed by atoms with Gasteiger partial charge in [-0.3, -0.25) is 9.67 Å². The number of halogens is 2. The van der Waals surface area contributed by atoms with E-state index in [1.165, 1.54) is 0 Å². The highest BCUT2D eigenvalue weighted by molar-refractivity contribution is 9.10. The Bertz CT molecular complexity index is 598. The van der Waals surface area contributed by atoms with Crippen LogP contribution < -0.4 is 0 Å². The number of nitrogens with zero attached hydrogens (tertiary/aromatic N) is 3. The van der Waals surface area contributed by atoms with Crippen LogP contribution in [-0.4, -0.2) is 19.9 Å². The number of aryl methyl sites for hydroxylation is 2. The zero-order chi connectivity index (χ0) is 14.7. The van der Waals surface area contributed by atoms with E-state index < -0.39 is 6.10 Å². The molecule has 0 saturated carbocycles. The van der Waals surface area contributed by atoms with Gasteiger partial charge in [-0.15, -0.1) is 0 Å². The van der Waals surface area contributed by atoms with Crippen LogP contribution in [0, 0.1) is 0 Å². The Morgan fingerprint density at radius 3 is 2.70 bits per heavy atom. The topological polar surface area (TPSA) is 50.9 Å². The SMILES string of the molecule is CCc1nn(CC)c(CC(O)c2ncccc2Br)c1Br. The van der Waals surface area contributed by atoms with Gasteiger partial charge < -0.3 is 5.11 Å². The summed E-state index contributed by atoms with van der Waals surface area (Å²) in [5, 5.41) is 15.0. The van der Waals surface area contributed by atoms with Crippen LogP contribution in [-0.2, 0) is 19.4 Å². The lowest BCUT2D eigenvalue weighted by Crippen LogP contribution is -2.10. The molecule has 0 aliphatic carbocycles. The summed E-state index contributed by atoms with van der Waals surface area (Å²) in [4.78, 5) is 4.24. The highest BCUT2D eigenvalue weighted by atomic mass is 79.9. The first-order chi connectivity index (χ1) is 9.58. The fraction of sp³-hybridized carbons (Fsp3) is 0.429. The van der Waals surface area contributed by atoms with Crippen molar-refractivity contribution in [3.63, 3.8) is 0 Å². The summed E-state index contributed by atoms with van der Waals surface area (Å²) in [6.45, 7) is 4.90. The number of aromatic nitrogens is 3. The van der Waals surface area contributed by atoms with Gasteiger partial charge in [-0.05, 0) is 57.3 Å². The van der Waals surface area contributed by atoms with Gasteiger partial charge in [-0.25, -0.2) is 0 Å². The van der Waals surface area contributed by atoms with E-state index in [4.69, 9.17) is 0 Å². The molecular formula is C14H17Br2N3O. The zero-order valence-electron chi connectivity index (χ0n) is 11.5. The molecule has 1 atom stereocenters. The van der Waals surface area contributed by atoms with E-state index in [1.807, 2.05) is 23.7 Å². The minimum Gasteiger partial charge on any atom is -0.386 e. The largest absolute Gasteiger partial charge is 0.386 e. The van der Waals surface area contributed by atoms with Gasteiger partial charge in [0.2, 0.25) is 0 Å². The molecule has 0 saturated heterocycles. The van der Waals surface area contributed by atoms with Crippen molar-refractivity contribution in [2.24, 2.45) is 0 Å². The molecule has 2 aromatic rings. The fourth-order valence-electron chi connectivity index (χ4n) is 2.14. The van der Waals surface area contributed by atoms with Crippen LogP contribution in [0.25, 0.3) is 0 Å². The van der Waals surface area contributed by atoms with Crippen molar-refractivity contribution >= 4 is 31.9 Å². The van der Waals surface area contributed by atoms with Crippen molar-refractivity contribution in [3.05, 3.63) is 44.4 Å². The number of aliphatic hydroxyl groups excluding tert-OH is 1. The Hall–Kier alpha value is -0.720. The maximum atomic E-state index is 10.4. The third-order valence-corrected chi connectivity index (χ3v) is 4.77. The first kappa shape index (κ1) is 15.7. The van der Waals surface area contributed by atoms with Crippen molar-refractivity contribution in [2.75, 3.05) is 0 Å². The molecule has 2 rings (SSSR count). The zero-order valence-corrected chi connectivity index (χ0v) is 14.6. The van der Waals surface area contributed by atoms with E-state index in [-0.39, 0.29) is 0 Å². The second-order valence-electron chi connectivity index (χ2n) is 4.47. The van der Waals surface area contributed by atoms with E-state index in [0.29, 0.717) is 12.1 Å². The summed E-state index contributed by atoms with van der Waals surface area (Å²) >= 11 is 7.02. The summed E-state index contributed by atoms with van der Waals surface area (Å²) in [5.41, 5.74) is 2.69. The quantitative estimate of drug-likeness (QED) is 0.830. The van der Waals surface area contributed by atoms with Gasteiger partial charge in [-0.2, -0.15) is 5.10 Å². The normalized spacial score (nSPS) is 12.7. The minimum absolute atomic E-state index is 0.483. The minimum atomic E-state index is -0.659. The molecule has 0 fully saturated rings. The Balaban J connectivity index is 2.30. The van der Waals surface area contributed by atoms with Crippen LogP contribution in [0.15, 0.2) is 27.3 Å². The molecule has 0 amide bonds. The van der Waals surface area contributed by atoms with E-state index in [1.54, 1.807) is 6.20 Å². The molecule has 4 nitrogen and oxygen atoms in total. The molecule has 0 radical (unpaired) electrons. The van der Waals surface area contributed by atoms with Crippen LogP contribution in [0.2, 0.25) is 0 Å². The molecule has 0 spiro atoms. The smallest absolute Gasteiger partial charge is 0.103 e. The molecule has 6 heteroatoms. The monoisotopic (exact) mass is 401 g/mol. The van der Waals surface area contributed by atoms with Gasteiger partial charge in [0.1, 0.15) is 6.10 Å². The van der Waals surface area contributed by atoms with E-state index in [0.717, 1.165) is 33.3 Å². The van der Waals surface area contributed by atoms with Crippen LogP contribution in [0.4, 0.5) is 0 Å². The second kappa shape index (κ2) is 6.83. The predicted octanol–water partition coefficient (Wildman–Crippen LogP) is 3.66. The fourth-order valence-corrected chi connectivity index (χ4v) is 3.38. The number of aliphatic hydroxyl groups is 1. The van der Waals surface area contributed by atoms with E-state index in [2.05, 4.69) is 48.9 Å². The second-order valence-corrected chi connectivity index (χ2v) is 6.11. The highest BCUT2D eigenvalue weighted by Crippen LogP contribution is 2.29. The molecule has 0 aliphatic rings. The standard InChI is InChI=1S/C14H17Br2N3O/c1-3-10-13(16)11(19(4-2)18-10)8-12(20)14-9(15)6-5-7-17-14/h5-7,12,20H,3-4,8H2,1-2H3. The number of hydrogen-bond acceptors (Lipinski definition) is 3. The maximum Gasteiger partial charge on any atom is 0.103 e. The highest BCUT2D eigenvalue weighted by Gasteiger charge is 2.20. The lowest BCUT2D eigenvalue weighted by molar-refractivity contribution is 0.169. The first-order valence-corrected chi connectivity index (χ1v) is 8.19. The molecule has 0 aromatic carbocycles. The van der Waals surface area contributed by atoms with Gasteiger partial charge in [0.15, 0.2) is 0 Å². The van der Waals surface area contributed by atoms with Gasteiger partial charge in [0, 0.05) is 23.6 Å². The summed E-state index contributed by atoms with van der Waals surface area (Å²) in [7, 11) is 0. The Kier molecular flexibility index (Phi) is 5.35. The summed E-state index contributed by atoms with van der Waals surface area (Å²) in [5.74, 6) is 0. The molecule has 2 aromatic heterocycles. The maximum absolute atomic E-state index is 10.4. The molecular weight excluding hydrogens is 386 g/mol. The molecule has 20 heavy (non-hydrogen) atoms. The molecule has 0 aliphatic heterocycles. The van der Waals surface area contributed by atoms with E-state index in [9.17, 15) is 5.11 Å². The van der Waals surface area contributed by atoms with Crippen LogP contribution in [0.1, 0.15) is 37.0 Å². The lowest BCUT2D eigenvalue weighted by Gasteiger charge is -2.13. The Morgan fingerprint density at radius 1 is 1.35 bits per heavy atom. The summed E-state index contributed by atoms with van der Waals surface area (Å²) < 4.78 is 3.75. The lowest BCUT2D eigenvalue weighted by atomic mass is 10.1. The number of pyridine rings is 1. The van der Waals surface area contributed by atoms with E-state index >= 15 is 0 Å². The molecule has 1 N–H and O–H groups in total. The van der Waals surface area contributed by atoms with Crippen molar-refractivity contribution in [1.82, 2.24) is 14.8 Å². The predicted molar refractivity (Wildman–Crippen MR) is 85.6 cm³/mol. The molecule has 2 heterocycles. The van der Waals surface area contributed by atoms with Gasteiger partial charge in [0.25, 0.3) is 0 Å². The Morgan fingerprint density at radius 2 is 2.10 bits per heavy atom. The van der Waals surface area contributed by atoms with Crippen molar-refractivity contribution < 1.29 is 5.11 Å². The van der Waals surface area contributed by atoms with Crippen LogP contribution >= 0.6 is 31.9 Å². The third kappa shape index (κ3) is 3.13. The molecule has 108 valence electrons. The number of rotatable bonds is 5.